The molecule has 1 unspecified atom stereocenters. The number of fused-ring (bicyclic) bond motifs is 1. The van der Waals surface area contributed by atoms with Gasteiger partial charge in [0, 0.05) is 6.54 Å². The molecule has 1 heterocycles. The summed E-state index contributed by atoms with van der Waals surface area (Å²) in [6.45, 7) is 4.68. The van der Waals surface area contributed by atoms with Gasteiger partial charge in [-0.2, -0.15) is 0 Å². The third kappa shape index (κ3) is 1.42. The largest absolute Gasteiger partial charge is 0.397 e. The number of carbonyl (C=O) groups is 1. The highest BCUT2D eigenvalue weighted by molar-refractivity contribution is 6.05. The lowest BCUT2D eigenvalue weighted by Crippen LogP contribution is -2.46. The summed E-state index contributed by atoms with van der Waals surface area (Å²) in [5, 5.41) is 2.85. The van der Waals surface area contributed by atoms with Crippen molar-refractivity contribution in [3.05, 3.63) is 18.2 Å². The Morgan fingerprint density at radius 1 is 1.53 bits per heavy atom. The Kier molecular flexibility index (Phi) is 2.26. The van der Waals surface area contributed by atoms with Crippen LogP contribution >= 0.6 is 0 Å². The van der Waals surface area contributed by atoms with Crippen LogP contribution < -0.4 is 16.0 Å². The van der Waals surface area contributed by atoms with Crippen LogP contribution in [0.5, 0.6) is 0 Å². The second-order valence-corrected chi connectivity index (χ2v) is 3.69. The minimum atomic E-state index is -0.160. The average Bonchev–Trinajstić information content (AvgIpc) is 2.21. The lowest BCUT2D eigenvalue weighted by molar-refractivity contribution is -0.117. The molecule has 80 valence electrons. The number of carbonyl (C=O) groups excluding carboxylic acids is 1. The van der Waals surface area contributed by atoms with Crippen LogP contribution in [0.25, 0.3) is 0 Å². The number of nitrogen functional groups attached to an aromatic ring is 1. The van der Waals surface area contributed by atoms with Crippen molar-refractivity contribution >= 4 is 23.0 Å². The molecule has 3 N–H and O–H groups in total. The molecule has 1 aliphatic rings. The summed E-state index contributed by atoms with van der Waals surface area (Å²) in [5.74, 6) is 0.0231. The van der Waals surface area contributed by atoms with Crippen LogP contribution in [-0.2, 0) is 4.79 Å². The summed E-state index contributed by atoms with van der Waals surface area (Å²) < 4.78 is 0. The Bertz CT molecular complexity index is 403. The van der Waals surface area contributed by atoms with Crippen LogP contribution in [0, 0.1) is 0 Å². The second-order valence-electron chi connectivity index (χ2n) is 3.69. The van der Waals surface area contributed by atoms with E-state index in [0.29, 0.717) is 5.69 Å². The summed E-state index contributed by atoms with van der Waals surface area (Å²) >= 11 is 0. The molecular formula is C11H15N3O. The van der Waals surface area contributed by atoms with Crippen LogP contribution in [-0.4, -0.2) is 18.5 Å². The average molecular weight is 205 g/mol. The third-order valence-corrected chi connectivity index (χ3v) is 2.80. The number of hydrogen-bond acceptors (Lipinski definition) is 3. The Labute approximate surface area is 89.1 Å². The van der Waals surface area contributed by atoms with Crippen LogP contribution in [0.1, 0.15) is 13.8 Å². The molecule has 1 aromatic carbocycles. The molecule has 0 spiro atoms. The maximum atomic E-state index is 11.6. The first-order chi connectivity index (χ1) is 7.15. The van der Waals surface area contributed by atoms with Gasteiger partial charge in [0.15, 0.2) is 0 Å². The highest BCUT2D eigenvalue weighted by Gasteiger charge is 2.29. The lowest BCUT2D eigenvalue weighted by atomic mass is 10.1. The highest BCUT2D eigenvalue weighted by atomic mass is 16.2. The molecule has 1 atom stereocenters. The first-order valence-electron chi connectivity index (χ1n) is 5.11. The summed E-state index contributed by atoms with van der Waals surface area (Å²) in [7, 11) is 0. The van der Waals surface area contributed by atoms with Crippen molar-refractivity contribution in [2.75, 3.05) is 22.5 Å². The van der Waals surface area contributed by atoms with Crippen LogP contribution in [0.4, 0.5) is 17.1 Å². The van der Waals surface area contributed by atoms with E-state index < -0.39 is 0 Å². The van der Waals surface area contributed by atoms with Gasteiger partial charge in [0.25, 0.3) is 0 Å². The molecule has 4 nitrogen and oxygen atoms in total. The quantitative estimate of drug-likeness (QED) is 0.682. The summed E-state index contributed by atoms with van der Waals surface area (Å²) in [4.78, 5) is 13.7. The standard InChI is InChI=1S/C11H15N3O/c1-3-14-7(2)11(15)13-9-6-4-5-8(12)10(9)14/h4-7H,3,12H2,1-2H3,(H,13,15). The summed E-state index contributed by atoms with van der Waals surface area (Å²) in [6.07, 6.45) is 0. The number of nitrogens with one attached hydrogen (secondary N) is 1. The smallest absolute Gasteiger partial charge is 0.246 e. The van der Waals surface area contributed by atoms with Crippen molar-refractivity contribution < 1.29 is 4.79 Å². The first kappa shape index (κ1) is 9.83. The highest BCUT2D eigenvalue weighted by Crippen LogP contribution is 2.36. The van der Waals surface area contributed by atoms with E-state index in [2.05, 4.69) is 5.32 Å². The van der Waals surface area contributed by atoms with Gasteiger partial charge in [-0.3, -0.25) is 4.79 Å². The number of nitrogens with two attached hydrogens (primary N) is 1. The fourth-order valence-corrected chi connectivity index (χ4v) is 1.99. The zero-order chi connectivity index (χ0) is 11.0. The Balaban J connectivity index is 2.56. The van der Waals surface area contributed by atoms with Crippen molar-refractivity contribution in [3.8, 4) is 0 Å². The molecule has 0 aromatic heterocycles. The Hall–Kier alpha value is -1.71. The van der Waals surface area contributed by atoms with Crippen LogP contribution in [0.2, 0.25) is 0 Å². The molecule has 0 bridgehead atoms. The third-order valence-electron chi connectivity index (χ3n) is 2.80. The van der Waals surface area contributed by atoms with E-state index in [1.165, 1.54) is 0 Å². The van der Waals surface area contributed by atoms with Gasteiger partial charge >= 0.3 is 0 Å². The molecule has 1 amide bonds. The minimum absolute atomic E-state index is 0.0231. The number of para-hydroxylation sites is 1. The van der Waals surface area contributed by atoms with Gasteiger partial charge in [-0.15, -0.1) is 0 Å². The molecule has 2 rings (SSSR count). The monoisotopic (exact) mass is 205 g/mol. The van der Waals surface area contributed by atoms with Gasteiger partial charge in [-0.1, -0.05) is 6.07 Å². The van der Waals surface area contributed by atoms with Gasteiger partial charge in [-0.05, 0) is 26.0 Å². The van der Waals surface area contributed by atoms with Crippen LogP contribution in [0.3, 0.4) is 0 Å². The molecule has 0 fully saturated rings. The maximum absolute atomic E-state index is 11.6. The fraction of sp³-hybridized carbons (Fsp3) is 0.364. The van der Waals surface area contributed by atoms with Gasteiger partial charge < -0.3 is 16.0 Å². The van der Waals surface area contributed by atoms with Crippen molar-refractivity contribution in [2.24, 2.45) is 0 Å². The SMILES string of the molecule is CCN1c2c(N)cccc2NC(=O)C1C. The zero-order valence-corrected chi connectivity index (χ0v) is 8.95. The summed E-state index contributed by atoms with van der Waals surface area (Å²) in [5.41, 5.74) is 8.37. The number of rotatable bonds is 1. The van der Waals surface area contributed by atoms with E-state index in [1.54, 1.807) is 0 Å². The molecular weight excluding hydrogens is 190 g/mol. The molecule has 4 heteroatoms. The summed E-state index contributed by atoms with van der Waals surface area (Å²) in [6, 6.07) is 5.41. The topological polar surface area (TPSA) is 58.4 Å². The number of nitrogens with zero attached hydrogens (tertiary/aromatic N) is 1. The number of anilines is 3. The van der Waals surface area contributed by atoms with E-state index in [4.69, 9.17) is 5.73 Å². The van der Waals surface area contributed by atoms with Crippen molar-refractivity contribution in [1.82, 2.24) is 0 Å². The van der Waals surface area contributed by atoms with Crippen molar-refractivity contribution in [1.29, 1.82) is 0 Å². The van der Waals surface area contributed by atoms with Gasteiger partial charge in [0.2, 0.25) is 5.91 Å². The van der Waals surface area contributed by atoms with Crippen molar-refractivity contribution in [2.45, 2.75) is 19.9 Å². The lowest BCUT2D eigenvalue weighted by Gasteiger charge is -2.36. The molecule has 1 aliphatic heterocycles. The molecule has 0 saturated heterocycles. The fourth-order valence-electron chi connectivity index (χ4n) is 1.99. The van der Waals surface area contributed by atoms with Crippen LogP contribution in [0.15, 0.2) is 18.2 Å². The van der Waals surface area contributed by atoms with Gasteiger partial charge in [-0.25, -0.2) is 0 Å². The molecule has 15 heavy (non-hydrogen) atoms. The Morgan fingerprint density at radius 2 is 2.27 bits per heavy atom. The van der Waals surface area contributed by atoms with E-state index in [-0.39, 0.29) is 11.9 Å². The van der Waals surface area contributed by atoms with E-state index in [1.807, 2.05) is 36.9 Å². The maximum Gasteiger partial charge on any atom is 0.246 e. The number of amides is 1. The molecule has 0 aliphatic carbocycles. The van der Waals surface area contributed by atoms with E-state index in [0.717, 1.165) is 17.9 Å². The minimum Gasteiger partial charge on any atom is -0.397 e. The predicted molar refractivity (Wildman–Crippen MR) is 62.0 cm³/mol. The number of benzene rings is 1. The normalized spacial score (nSPS) is 19.7. The molecule has 1 aromatic rings. The zero-order valence-electron chi connectivity index (χ0n) is 8.95. The Morgan fingerprint density at radius 3 is 2.93 bits per heavy atom. The molecule has 0 saturated carbocycles. The number of hydrogen-bond donors (Lipinski definition) is 2. The van der Waals surface area contributed by atoms with E-state index >= 15 is 0 Å². The first-order valence-corrected chi connectivity index (χ1v) is 5.11. The second kappa shape index (κ2) is 3.46. The number of likely N-dealkylation sites (N-methyl/N-ethyl adjacent to an activating group) is 1. The predicted octanol–water partition coefficient (Wildman–Crippen LogP) is 1.44. The van der Waals surface area contributed by atoms with Gasteiger partial charge in [0.1, 0.15) is 6.04 Å². The van der Waals surface area contributed by atoms with E-state index in [9.17, 15) is 4.79 Å². The van der Waals surface area contributed by atoms with Gasteiger partial charge in [0.05, 0.1) is 17.1 Å². The molecule has 0 radical (unpaired) electrons. The van der Waals surface area contributed by atoms with Crippen molar-refractivity contribution in [3.63, 3.8) is 0 Å².